The zero-order valence-electron chi connectivity index (χ0n) is 8.31. The minimum atomic E-state index is -0.0391. The molecule has 0 saturated carbocycles. The Balaban J connectivity index is 1.85. The van der Waals surface area contributed by atoms with Gasteiger partial charge in [-0.25, -0.2) is 4.98 Å². The fourth-order valence-electron chi connectivity index (χ4n) is 1.60. The van der Waals surface area contributed by atoms with E-state index < -0.39 is 0 Å². The summed E-state index contributed by atoms with van der Waals surface area (Å²) in [6.07, 6.45) is 3.14. The van der Waals surface area contributed by atoms with Gasteiger partial charge in [0.05, 0.1) is 11.4 Å². The summed E-state index contributed by atoms with van der Waals surface area (Å²) in [6.45, 7) is 1.25. The molecule has 2 rings (SSSR count). The molecule has 80 valence electrons. The molecule has 1 aliphatic heterocycles. The quantitative estimate of drug-likeness (QED) is 0.716. The number of ketones is 1. The van der Waals surface area contributed by atoms with Crippen LogP contribution in [-0.4, -0.2) is 34.7 Å². The van der Waals surface area contributed by atoms with Crippen molar-refractivity contribution in [3.05, 3.63) is 16.6 Å². The summed E-state index contributed by atoms with van der Waals surface area (Å²) in [5.41, 5.74) is 0. The lowest BCUT2D eigenvalue weighted by Gasteiger charge is -2.25. The molecular weight excluding hydrogens is 212 g/mol. The Labute approximate surface area is 91.9 Å². The molecule has 0 radical (unpaired) electrons. The van der Waals surface area contributed by atoms with Crippen molar-refractivity contribution in [1.82, 2.24) is 9.88 Å². The van der Waals surface area contributed by atoms with E-state index in [-0.39, 0.29) is 18.1 Å². The van der Waals surface area contributed by atoms with Gasteiger partial charge in [-0.2, -0.15) is 0 Å². The summed E-state index contributed by atoms with van der Waals surface area (Å²) in [7, 11) is 0. The van der Waals surface area contributed by atoms with Crippen LogP contribution in [0.2, 0.25) is 0 Å². The van der Waals surface area contributed by atoms with Crippen LogP contribution in [0.5, 0.6) is 0 Å². The van der Waals surface area contributed by atoms with Gasteiger partial charge in [0.15, 0.2) is 0 Å². The number of nitrogens with zero attached hydrogens (tertiary/aromatic N) is 2. The SMILES string of the molecule is O=C1CCN(CCc2nccs2)C(=O)C1. The highest BCUT2D eigenvalue weighted by Gasteiger charge is 2.23. The van der Waals surface area contributed by atoms with Gasteiger partial charge in [-0.15, -0.1) is 11.3 Å². The van der Waals surface area contributed by atoms with E-state index in [1.807, 2.05) is 5.38 Å². The summed E-state index contributed by atoms with van der Waals surface area (Å²) >= 11 is 1.60. The Kier molecular flexibility index (Phi) is 3.11. The minimum Gasteiger partial charge on any atom is -0.341 e. The van der Waals surface area contributed by atoms with Crippen molar-refractivity contribution in [3.8, 4) is 0 Å². The fraction of sp³-hybridized carbons (Fsp3) is 0.500. The molecule has 0 bridgehead atoms. The van der Waals surface area contributed by atoms with Crippen molar-refractivity contribution in [2.75, 3.05) is 13.1 Å². The maximum atomic E-state index is 11.5. The first-order valence-corrected chi connectivity index (χ1v) is 5.81. The average molecular weight is 224 g/mol. The second-order valence-corrected chi connectivity index (χ2v) is 4.50. The van der Waals surface area contributed by atoms with Crippen LogP contribution in [0.15, 0.2) is 11.6 Å². The molecule has 2 heterocycles. The van der Waals surface area contributed by atoms with Crippen molar-refractivity contribution in [2.24, 2.45) is 0 Å². The summed E-state index contributed by atoms with van der Waals surface area (Å²) in [5.74, 6) is 0.0216. The number of carbonyl (C=O) groups is 2. The van der Waals surface area contributed by atoms with Crippen molar-refractivity contribution in [3.63, 3.8) is 0 Å². The first-order valence-electron chi connectivity index (χ1n) is 4.93. The number of amides is 1. The van der Waals surface area contributed by atoms with E-state index in [0.29, 0.717) is 19.5 Å². The van der Waals surface area contributed by atoms with Crippen LogP contribution in [0.3, 0.4) is 0 Å². The summed E-state index contributed by atoms with van der Waals surface area (Å²) in [6, 6.07) is 0. The molecule has 15 heavy (non-hydrogen) atoms. The topological polar surface area (TPSA) is 50.3 Å². The van der Waals surface area contributed by atoms with E-state index >= 15 is 0 Å². The summed E-state index contributed by atoms with van der Waals surface area (Å²) < 4.78 is 0. The van der Waals surface area contributed by atoms with Crippen LogP contribution in [-0.2, 0) is 16.0 Å². The second kappa shape index (κ2) is 4.53. The van der Waals surface area contributed by atoms with E-state index in [9.17, 15) is 9.59 Å². The van der Waals surface area contributed by atoms with Gasteiger partial charge in [0, 0.05) is 37.5 Å². The number of aromatic nitrogens is 1. The smallest absolute Gasteiger partial charge is 0.230 e. The van der Waals surface area contributed by atoms with Gasteiger partial charge in [-0.1, -0.05) is 0 Å². The van der Waals surface area contributed by atoms with Crippen molar-refractivity contribution >= 4 is 23.0 Å². The van der Waals surface area contributed by atoms with Crippen LogP contribution < -0.4 is 0 Å². The Morgan fingerprint density at radius 3 is 3.00 bits per heavy atom. The lowest BCUT2D eigenvalue weighted by molar-refractivity contribution is -0.139. The monoisotopic (exact) mass is 224 g/mol. The molecule has 1 amide bonds. The standard InChI is InChI=1S/C10H12N2O2S/c13-8-1-4-12(10(14)7-8)5-2-9-11-3-6-15-9/h3,6H,1-2,4-5,7H2. The molecule has 5 heteroatoms. The largest absolute Gasteiger partial charge is 0.341 e. The van der Waals surface area contributed by atoms with E-state index in [4.69, 9.17) is 0 Å². The van der Waals surface area contributed by atoms with Crippen LogP contribution in [0, 0.1) is 0 Å². The predicted octanol–water partition coefficient (Wildman–Crippen LogP) is 0.877. The highest BCUT2D eigenvalue weighted by molar-refractivity contribution is 7.09. The molecule has 0 aliphatic carbocycles. The Morgan fingerprint density at radius 2 is 2.33 bits per heavy atom. The van der Waals surface area contributed by atoms with Gasteiger partial charge >= 0.3 is 0 Å². The fourth-order valence-corrected chi connectivity index (χ4v) is 2.21. The molecular formula is C10H12N2O2S. The zero-order chi connectivity index (χ0) is 10.7. The lowest BCUT2D eigenvalue weighted by Crippen LogP contribution is -2.40. The number of carbonyl (C=O) groups excluding carboxylic acids is 2. The van der Waals surface area contributed by atoms with Gasteiger partial charge in [-0.05, 0) is 0 Å². The third kappa shape index (κ3) is 2.62. The zero-order valence-corrected chi connectivity index (χ0v) is 9.13. The Hall–Kier alpha value is -1.23. The minimum absolute atomic E-state index is 0.0391. The maximum Gasteiger partial charge on any atom is 0.230 e. The Morgan fingerprint density at radius 1 is 1.47 bits per heavy atom. The van der Waals surface area contributed by atoms with Crippen molar-refractivity contribution in [1.29, 1.82) is 0 Å². The molecule has 1 aliphatic rings. The maximum absolute atomic E-state index is 11.5. The molecule has 0 N–H and O–H groups in total. The number of thiazole rings is 1. The Bertz CT molecular complexity index is 362. The molecule has 1 aromatic rings. The van der Waals surface area contributed by atoms with Crippen molar-refractivity contribution < 1.29 is 9.59 Å². The van der Waals surface area contributed by atoms with Crippen LogP contribution >= 0.6 is 11.3 Å². The van der Waals surface area contributed by atoms with E-state index in [0.717, 1.165) is 11.4 Å². The molecule has 1 fully saturated rings. The van der Waals surface area contributed by atoms with Gasteiger partial charge < -0.3 is 4.90 Å². The lowest BCUT2D eigenvalue weighted by atomic mass is 10.1. The molecule has 0 spiro atoms. The number of hydrogen-bond acceptors (Lipinski definition) is 4. The van der Waals surface area contributed by atoms with Gasteiger partial charge in [0.25, 0.3) is 0 Å². The van der Waals surface area contributed by atoms with Gasteiger partial charge in [-0.3, -0.25) is 9.59 Å². The molecule has 0 atom stereocenters. The molecule has 4 nitrogen and oxygen atoms in total. The second-order valence-electron chi connectivity index (χ2n) is 3.52. The first kappa shape index (κ1) is 10.3. The number of likely N-dealkylation sites (tertiary alicyclic amines) is 1. The molecule has 0 unspecified atom stereocenters. The third-order valence-corrected chi connectivity index (χ3v) is 3.28. The van der Waals surface area contributed by atoms with E-state index in [2.05, 4.69) is 4.98 Å². The highest BCUT2D eigenvalue weighted by Crippen LogP contribution is 2.10. The van der Waals surface area contributed by atoms with E-state index in [1.54, 1.807) is 22.4 Å². The van der Waals surface area contributed by atoms with Crippen LogP contribution in [0.4, 0.5) is 0 Å². The van der Waals surface area contributed by atoms with Gasteiger partial charge in [0.1, 0.15) is 5.78 Å². The highest BCUT2D eigenvalue weighted by atomic mass is 32.1. The third-order valence-electron chi connectivity index (χ3n) is 2.44. The normalized spacial score (nSPS) is 17.2. The number of rotatable bonds is 3. The summed E-state index contributed by atoms with van der Waals surface area (Å²) in [5, 5.41) is 2.97. The number of Topliss-reactive ketones (excluding diaryl/α,β-unsaturated/α-hetero) is 1. The van der Waals surface area contributed by atoms with E-state index in [1.165, 1.54) is 0 Å². The van der Waals surface area contributed by atoms with Gasteiger partial charge in [0.2, 0.25) is 5.91 Å². The number of hydrogen-bond donors (Lipinski definition) is 0. The first-order chi connectivity index (χ1) is 7.25. The van der Waals surface area contributed by atoms with Crippen molar-refractivity contribution in [2.45, 2.75) is 19.3 Å². The van der Waals surface area contributed by atoms with Crippen LogP contribution in [0.25, 0.3) is 0 Å². The molecule has 1 aromatic heterocycles. The average Bonchev–Trinajstić information content (AvgIpc) is 2.69. The van der Waals surface area contributed by atoms with Crippen LogP contribution in [0.1, 0.15) is 17.8 Å². The summed E-state index contributed by atoms with van der Waals surface area (Å²) in [4.78, 5) is 28.4. The molecule has 0 aromatic carbocycles. The molecule has 1 saturated heterocycles. The number of piperidine rings is 1. The predicted molar refractivity (Wildman–Crippen MR) is 56.6 cm³/mol.